The van der Waals surface area contributed by atoms with Gasteiger partial charge in [0, 0.05) is 5.75 Å². The zero-order valence-corrected chi connectivity index (χ0v) is 15.1. The van der Waals surface area contributed by atoms with Gasteiger partial charge < -0.3 is 10.1 Å². The standard InChI is InChI=1S/C18H19N5O2S/c1-25-16-9-7-15(8-10-16)23-17(20-21-22-23)11-19-18(24)13-26-12-14-5-3-2-4-6-14/h2-10H,11-13H2,1H3,(H,19,24). The first-order valence-electron chi connectivity index (χ1n) is 8.06. The molecule has 26 heavy (non-hydrogen) atoms. The van der Waals surface area contributed by atoms with Gasteiger partial charge in [-0.05, 0) is 40.3 Å². The van der Waals surface area contributed by atoms with Crippen LogP contribution in [0.5, 0.6) is 5.75 Å². The van der Waals surface area contributed by atoms with Crippen LogP contribution in [-0.4, -0.2) is 39.0 Å². The van der Waals surface area contributed by atoms with E-state index >= 15 is 0 Å². The number of aromatic nitrogens is 4. The van der Waals surface area contributed by atoms with Crippen LogP contribution in [-0.2, 0) is 17.1 Å². The van der Waals surface area contributed by atoms with Crippen molar-refractivity contribution < 1.29 is 9.53 Å². The molecule has 1 amide bonds. The molecule has 7 nitrogen and oxygen atoms in total. The van der Waals surface area contributed by atoms with Gasteiger partial charge in [0.25, 0.3) is 0 Å². The van der Waals surface area contributed by atoms with Gasteiger partial charge in [-0.1, -0.05) is 30.3 Å². The van der Waals surface area contributed by atoms with E-state index in [1.165, 1.54) is 5.56 Å². The van der Waals surface area contributed by atoms with E-state index in [0.717, 1.165) is 17.2 Å². The third-order valence-corrected chi connectivity index (χ3v) is 4.64. The van der Waals surface area contributed by atoms with Crippen LogP contribution in [0, 0.1) is 0 Å². The summed E-state index contributed by atoms with van der Waals surface area (Å²) >= 11 is 1.57. The maximum absolute atomic E-state index is 12.0. The average molecular weight is 369 g/mol. The average Bonchev–Trinajstić information content (AvgIpc) is 3.16. The second-order valence-corrected chi connectivity index (χ2v) is 6.45. The molecular weight excluding hydrogens is 350 g/mol. The van der Waals surface area contributed by atoms with Gasteiger partial charge >= 0.3 is 0 Å². The highest BCUT2D eigenvalue weighted by Crippen LogP contribution is 2.15. The highest BCUT2D eigenvalue weighted by Gasteiger charge is 2.10. The SMILES string of the molecule is COc1ccc(-n2nnnc2CNC(=O)CSCc2ccccc2)cc1. The normalized spacial score (nSPS) is 10.5. The van der Waals surface area contributed by atoms with Gasteiger partial charge in [-0.3, -0.25) is 4.79 Å². The summed E-state index contributed by atoms with van der Waals surface area (Å²) in [6.07, 6.45) is 0. The van der Waals surface area contributed by atoms with E-state index in [1.54, 1.807) is 23.6 Å². The number of hydrogen-bond donors (Lipinski definition) is 1. The molecule has 0 radical (unpaired) electrons. The minimum Gasteiger partial charge on any atom is -0.497 e. The zero-order valence-electron chi connectivity index (χ0n) is 14.3. The van der Waals surface area contributed by atoms with Crippen LogP contribution in [0.3, 0.4) is 0 Å². The summed E-state index contributed by atoms with van der Waals surface area (Å²) in [6, 6.07) is 17.4. The van der Waals surface area contributed by atoms with Crippen LogP contribution < -0.4 is 10.1 Å². The Morgan fingerprint density at radius 3 is 2.65 bits per heavy atom. The van der Waals surface area contributed by atoms with Crippen molar-refractivity contribution in [2.45, 2.75) is 12.3 Å². The molecule has 0 aliphatic heterocycles. The summed E-state index contributed by atoms with van der Waals surface area (Å²) in [5, 5.41) is 14.5. The van der Waals surface area contributed by atoms with E-state index in [4.69, 9.17) is 4.74 Å². The Labute approximate surface area is 155 Å². The van der Waals surface area contributed by atoms with Gasteiger partial charge in [0.2, 0.25) is 5.91 Å². The number of amides is 1. The van der Waals surface area contributed by atoms with Gasteiger partial charge in [-0.25, -0.2) is 0 Å². The van der Waals surface area contributed by atoms with Crippen molar-refractivity contribution in [1.29, 1.82) is 0 Å². The molecule has 8 heteroatoms. The van der Waals surface area contributed by atoms with E-state index in [-0.39, 0.29) is 12.5 Å². The van der Waals surface area contributed by atoms with Crippen LogP contribution in [0.25, 0.3) is 5.69 Å². The lowest BCUT2D eigenvalue weighted by atomic mass is 10.2. The number of nitrogens with one attached hydrogen (secondary N) is 1. The second-order valence-electron chi connectivity index (χ2n) is 5.46. The van der Waals surface area contributed by atoms with Crippen molar-refractivity contribution in [1.82, 2.24) is 25.5 Å². The predicted molar refractivity (Wildman–Crippen MR) is 100 cm³/mol. The van der Waals surface area contributed by atoms with Crippen LogP contribution in [0.1, 0.15) is 11.4 Å². The van der Waals surface area contributed by atoms with Gasteiger partial charge in [0.1, 0.15) is 5.75 Å². The molecule has 3 aromatic rings. The lowest BCUT2D eigenvalue weighted by Crippen LogP contribution is -2.26. The molecule has 0 aliphatic rings. The van der Waals surface area contributed by atoms with Crippen LogP contribution in [0.15, 0.2) is 54.6 Å². The number of benzene rings is 2. The Morgan fingerprint density at radius 2 is 1.92 bits per heavy atom. The lowest BCUT2D eigenvalue weighted by Gasteiger charge is -2.07. The topological polar surface area (TPSA) is 81.9 Å². The zero-order chi connectivity index (χ0) is 18.2. The lowest BCUT2D eigenvalue weighted by molar-refractivity contribution is -0.118. The molecular formula is C18H19N5O2S. The first kappa shape index (κ1) is 17.9. The quantitative estimate of drug-likeness (QED) is 0.656. The van der Waals surface area contributed by atoms with E-state index in [2.05, 4.69) is 20.8 Å². The third-order valence-electron chi connectivity index (χ3n) is 3.64. The smallest absolute Gasteiger partial charge is 0.230 e. The van der Waals surface area contributed by atoms with E-state index in [0.29, 0.717) is 11.6 Å². The Bertz CT molecular complexity index is 836. The van der Waals surface area contributed by atoms with Gasteiger partial charge in [0.15, 0.2) is 5.82 Å². The summed E-state index contributed by atoms with van der Waals surface area (Å²) in [7, 11) is 1.61. The molecule has 0 aliphatic carbocycles. The molecule has 1 aromatic heterocycles. The van der Waals surface area contributed by atoms with Crippen molar-refractivity contribution in [3.63, 3.8) is 0 Å². The Morgan fingerprint density at radius 1 is 1.15 bits per heavy atom. The largest absolute Gasteiger partial charge is 0.497 e. The minimum atomic E-state index is -0.0461. The van der Waals surface area contributed by atoms with E-state index in [1.807, 2.05) is 54.6 Å². The Balaban J connectivity index is 1.50. The Hall–Kier alpha value is -2.87. The highest BCUT2D eigenvalue weighted by molar-refractivity contribution is 7.99. The molecule has 0 saturated heterocycles. The summed E-state index contributed by atoms with van der Waals surface area (Å²) in [5.74, 6) is 2.47. The summed E-state index contributed by atoms with van der Waals surface area (Å²) in [6.45, 7) is 0.268. The number of nitrogens with zero attached hydrogens (tertiary/aromatic N) is 4. The number of ether oxygens (including phenoxy) is 1. The number of thioether (sulfide) groups is 1. The van der Waals surface area contributed by atoms with E-state index < -0.39 is 0 Å². The number of hydrogen-bond acceptors (Lipinski definition) is 6. The molecule has 0 saturated carbocycles. The molecule has 3 rings (SSSR count). The highest BCUT2D eigenvalue weighted by atomic mass is 32.2. The van der Waals surface area contributed by atoms with Crippen molar-refractivity contribution in [2.75, 3.05) is 12.9 Å². The van der Waals surface area contributed by atoms with Crippen LogP contribution >= 0.6 is 11.8 Å². The molecule has 0 unspecified atom stereocenters. The van der Waals surface area contributed by atoms with Gasteiger partial charge in [-0.2, -0.15) is 4.68 Å². The monoisotopic (exact) mass is 369 g/mol. The summed E-state index contributed by atoms with van der Waals surface area (Å²) in [4.78, 5) is 12.0. The van der Waals surface area contributed by atoms with Crippen molar-refractivity contribution in [3.05, 3.63) is 66.0 Å². The number of carbonyl (C=O) groups is 1. The third kappa shape index (κ3) is 4.82. The second kappa shape index (κ2) is 9.00. The molecule has 0 fully saturated rings. The first-order valence-corrected chi connectivity index (χ1v) is 9.22. The molecule has 134 valence electrons. The molecule has 2 aromatic carbocycles. The summed E-state index contributed by atoms with van der Waals surface area (Å²) in [5.41, 5.74) is 2.01. The molecule has 0 atom stereocenters. The fourth-order valence-electron chi connectivity index (χ4n) is 2.30. The van der Waals surface area contributed by atoms with Crippen LogP contribution in [0.2, 0.25) is 0 Å². The van der Waals surface area contributed by atoms with Gasteiger partial charge in [-0.15, -0.1) is 16.9 Å². The molecule has 0 bridgehead atoms. The Kier molecular flexibility index (Phi) is 6.21. The van der Waals surface area contributed by atoms with Crippen molar-refractivity contribution in [2.24, 2.45) is 0 Å². The predicted octanol–water partition coefficient (Wildman–Crippen LogP) is 2.22. The number of carbonyl (C=O) groups excluding carboxylic acids is 1. The van der Waals surface area contributed by atoms with Crippen molar-refractivity contribution >= 4 is 17.7 Å². The fourth-order valence-corrected chi connectivity index (χ4v) is 3.12. The molecule has 1 heterocycles. The summed E-state index contributed by atoms with van der Waals surface area (Å²) < 4.78 is 6.74. The maximum Gasteiger partial charge on any atom is 0.230 e. The van der Waals surface area contributed by atoms with Gasteiger partial charge in [0.05, 0.1) is 25.1 Å². The molecule has 0 spiro atoms. The van der Waals surface area contributed by atoms with Crippen LogP contribution in [0.4, 0.5) is 0 Å². The number of methoxy groups -OCH3 is 1. The van der Waals surface area contributed by atoms with Crippen molar-refractivity contribution in [3.8, 4) is 11.4 Å². The molecule has 1 N–H and O–H groups in total. The van der Waals surface area contributed by atoms with E-state index in [9.17, 15) is 4.79 Å². The fraction of sp³-hybridized carbons (Fsp3) is 0.222. The minimum absolute atomic E-state index is 0.0461. The number of tetrazole rings is 1. The maximum atomic E-state index is 12.0. The number of rotatable bonds is 8. The first-order chi connectivity index (χ1) is 12.8.